The van der Waals surface area contributed by atoms with Gasteiger partial charge in [0.15, 0.2) is 11.6 Å². The SMILES string of the molecule is O=C(/C=C/c1ccc(S(=O)(=O)NCc2ccco2)cc1)Nc1cc(F)c(N2CCCC2)c(F)c1. The smallest absolute Gasteiger partial charge is 0.248 e. The lowest BCUT2D eigenvalue weighted by Gasteiger charge is -2.19. The fourth-order valence-corrected chi connectivity index (χ4v) is 4.65. The molecule has 178 valence electrons. The second kappa shape index (κ2) is 10.2. The van der Waals surface area contributed by atoms with Gasteiger partial charge in [0.25, 0.3) is 0 Å². The number of nitrogens with zero attached hydrogens (tertiary/aromatic N) is 1. The van der Waals surface area contributed by atoms with Crippen LogP contribution in [0.15, 0.2) is 70.2 Å². The number of amides is 1. The van der Waals surface area contributed by atoms with Gasteiger partial charge in [-0.1, -0.05) is 12.1 Å². The Kier molecular flexibility index (Phi) is 7.09. The molecule has 0 radical (unpaired) electrons. The molecule has 0 saturated carbocycles. The highest BCUT2D eigenvalue weighted by Gasteiger charge is 2.21. The van der Waals surface area contributed by atoms with E-state index in [9.17, 15) is 22.0 Å². The number of hydrogen-bond acceptors (Lipinski definition) is 5. The summed E-state index contributed by atoms with van der Waals surface area (Å²) in [7, 11) is -3.73. The second-order valence-corrected chi connectivity index (χ2v) is 9.55. The predicted octanol–water partition coefficient (Wildman–Crippen LogP) is 4.29. The van der Waals surface area contributed by atoms with Crippen LogP contribution in [0.5, 0.6) is 0 Å². The third kappa shape index (κ3) is 5.70. The summed E-state index contributed by atoms with van der Waals surface area (Å²) >= 11 is 0. The maximum Gasteiger partial charge on any atom is 0.248 e. The minimum Gasteiger partial charge on any atom is -0.468 e. The normalized spacial score (nSPS) is 14.1. The summed E-state index contributed by atoms with van der Waals surface area (Å²) in [4.78, 5) is 13.9. The highest BCUT2D eigenvalue weighted by atomic mass is 32.2. The van der Waals surface area contributed by atoms with Gasteiger partial charge in [0.05, 0.1) is 17.7 Å². The van der Waals surface area contributed by atoms with Gasteiger partial charge in [0.1, 0.15) is 11.4 Å². The number of carbonyl (C=O) groups is 1. The average Bonchev–Trinajstić information content (AvgIpc) is 3.51. The molecule has 2 N–H and O–H groups in total. The van der Waals surface area contributed by atoms with Gasteiger partial charge < -0.3 is 14.6 Å². The molecule has 0 aliphatic carbocycles. The molecule has 1 amide bonds. The van der Waals surface area contributed by atoms with Crippen LogP contribution in [0.1, 0.15) is 24.2 Å². The Morgan fingerprint density at radius 2 is 1.74 bits per heavy atom. The molecule has 2 aromatic carbocycles. The van der Waals surface area contributed by atoms with Crippen LogP contribution in [0.3, 0.4) is 0 Å². The third-order valence-electron chi connectivity index (χ3n) is 5.34. The van der Waals surface area contributed by atoms with Crippen LogP contribution in [0, 0.1) is 11.6 Å². The summed E-state index contributed by atoms with van der Waals surface area (Å²) in [6.07, 6.45) is 5.89. The first-order valence-electron chi connectivity index (χ1n) is 10.7. The van der Waals surface area contributed by atoms with Crippen LogP contribution in [-0.4, -0.2) is 27.4 Å². The maximum atomic E-state index is 14.4. The monoisotopic (exact) mass is 487 g/mol. The number of nitrogens with one attached hydrogen (secondary N) is 2. The van der Waals surface area contributed by atoms with Gasteiger partial charge in [-0.3, -0.25) is 4.79 Å². The summed E-state index contributed by atoms with van der Waals surface area (Å²) in [5.74, 6) is -1.54. The molecule has 3 aromatic rings. The first kappa shape index (κ1) is 23.7. The molecule has 1 aliphatic rings. The van der Waals surface area contributed by atoms with E-state index >= 15 is 0 Å². The van der Waals surface area contributed by atoms with Crippen molar-refractivity contribution in [3.8, 4) is 0 Å². The number of hydrogen-bond donors (Lipinski definition) is 2. The van der Waals surface area contributed by atoms with E-state index in [-0.39, 0.29) is 22.8 Å². The quantitative estimate of drug-likeness (QED) is 0.463. The highest BCUT2D eigenvalue weighted by molar-refractivity contribution is 7.89. The standard InChI is InChI=1S/C24H23F2N3O4S/c25-21-14-18(15-22(26)24(21)29-11-1-2-12-29)28-23(30)10-7-17-5-8-20(9-6-17)34(31,32)27-16-19-4-3-13-33-19/h3-10,13-15,27H,1-2,11-12,16H2,(H,28,30)/b10-7+. The zero-order valence-electron chi connectivity index (χ0n) is 18.1. The fraction of sp³-hybridized carbons (Fsp3) is 0.208. The van der Waals surface area contributed by atoms with Gasteiger partial charge in [0, 0.05) is 24.9 Å². The first-order valence-corrected chi connectivity index (χ1v) is 12.2. The molecule has 1 saturated heterocycles. The molecule has 0 atom stereocenters. The molecular formula is C24H23F2N3O4S. The summed E-state index contributed by atoms with van der Waals surface area (Å²) in [6, 6.07) is 11.4. The summed E-state index contributed by atoms with van der Waals surface area (Å²) in [6.45, 7) is 1.22. The van der Waals surface area contributed by atoms with Crippen LogP contribution in [-0.2, 0) is 21.4 Å². The van der Waals surface area contributed by atoms with E-state index in [1.165, 1.54) is 42.7 Å². The van der Waals surface area contributed by atoms with E-state index in [0.717, 1.165) is 25.0 Å². The first-order chi connectivity index (χ1) is 16.3. The lowest BCUT2D eigenvalue weighted by molar-refractivity contribution is -0.111. The van der Waals surface area contributed by atoms with Gasteiger partial charge in [-0.15, -0.1) is 0 Å². The van der Waals surface area contributed by atoms with Gasteiger partial charge in [-0.2, -0.15) is 0 Å². The molecule has 1 fully saturated rings. The Hall–Kier alpha value is -3.50. The van der Waals surface area contributed by atoms with Gasteiger partial charge >= 0.3 is 0 Å². The van der Waals surface area contributed by atoms with Crippen molar-refractivity contribution in [3.05, 3.63) is 83.8 Å². The number of furan rings is 1. The Bertz CT molecular complexity index is 1260. The van der Waals surface area contributed by atoms with E-state index in [0.29, 0.717) is 24.4 Å². The molecule has 0 unspecified atom stereocenters. The number of halogens is 2. The van der Waals surface area contributed by atoms with Crippen molar-refractivity contribution in [2.45, 2.75) is 24.3 Å². The molecule has 7 nitrogen and oxygen atoms in total. The van der Waals surface area contributed by atoms with E-state index < -0.39 is 27.6 Å². The van der Waals surface area contributed by atoms with Crippen molar-refractivity contribution in [3.63, 3.8) is 0 Å². The molecule has 0 bridgehead atoms. The molecule has 2 heterocycles. The van der Waals surface area contributed by atoms with E-state index in [4.69, 9.17) is 4.42 Å². The number of benzene rings is 2. The highest BCUT2D eigenvalue weighted by Crippen LogP contribution is 2.29. The van der Waals surface area contributed by atoms with Crippen molar-refractivity contribution in [2.75, 3.05) is 23.3 Å². The molecule has 34 heavy (non-hydrogen) atoms. The summed E-state index contributed by atoms with van der Waals surface area (Å²) in [5.41, 5.74) is 0.512. The van der Waals surface area contributed by atoms with Crippen LogP contribution in [0.2, 0.25) is 0 Å². The van der Waals surface area contributed by atoms with Crippen LogP contribution >= 0.6 is 0 Å². The van der Waals surface area contributed by atoms with Crippen molar-refractivity contribution in [2.24, 2.45) is 0 Å². The zero-order chi connectivity index (χ0) is 24.1. The van der Waals surface area contributed by atoms with Crippen molar-refractivity contribution >= 4 is 33.4 Å². The number of rotatable bonds is 8. The summed E-state index contributed by atoms with van der Waals surface area (Å²) in [5, 5.41) is 2.44. The van der Waals surface area contributed by atoms with Gasteiger partial charge in [-0.05, 0) is 60.9 Å². The third-order valence-corrected chi connectivity index (χ3v) is 6.76. The number of anilines is 2. The minimum atomic E-state index is -3.73. The molecule has 1 aliphatic heterocycles. The molecular weight excluding hydrogens is 464 g/mol. The van der Waals surface area contributed by atoms with Crippen LogP contribution in [0.4, 0.5) is 20.2 Å². The fourth-order valence-electron chi connectivity index (χ4n) is 3.66. The van der Waals surface area contributed by atoms with Crippen molar-refractivity contribution in [1.29, 1.82) is 0 Å². The van der Waals surface area contributed by atoms with E-state index in [1.54, 1.807) is 17.0 Å². The average molecular weight is 488 g/mol. The minimum absolute atomic E-state index is 0.0108. The van der Waals surface area contributed by atoms with Gasteiger partial charge in [-0.25, -0.2) is 21.9 Å². The molecule has 0 spiro atoms. The Morgan fingerprint density at radius 3 is 2.35 bits per heavy atom. The maximum absolute atomic E-state index is 14.4. The second-order valence-electron chi connectivity index (χ2n) is 7.78. The number of carbonyl (C=O) groups excluding carboxylic acids is 1. The topological polar surface area (TPSA) is 91.6 Å². The van der Waals surface area contributed by atoms with Crippen LogP contribution < -0.4 is 14.9 Å². The predicted molar refractivity (Wildman–Crippen MR) is 125 cm³/mol. The van der Waals surface area contributed by atoms with Crippen molar-refractivity contribution < 1.29 is 26.4 Å². The lowest BCUT2D eigenvalue weighted by atomic mass is 10.2. The number of sulfonamides is 1. The Balaban J connectivity index is 1.36. The Labute approximate surface area is 196 Å². The van der Waals surface area contributed by atoms with Crippen LogP contribution in [0.25, 0.3) is 6.08 Å². The molecule has 4 rings (SSSR count). The Morgan fingerprint density at radius 1 is 1.06 bits per heavy atom. The van der Waals surface area contributed by atoms with Gasteiger partial charge in [0.2, 0.25) is 15.9 Å². The molecule has 10 heteroatoms. The van der Waals surface area contributed by atoms with E-state index in [2.05, 4.69) is 10.0 Å². The summed E-state index contributed by atoms with van der Waals surface area (Å²) < 4.78 is 61.1. The van der Waals surface area contributed by atoms with Crippen molar-refractivity contribution in [1.82, 2.24) is 4.72 Å². The lowest BCUT2D eigenvalue weighted by Crippen LogP contribution is -2.22. The van der Waals surface area contributed by atoms with E-state index in [1.807, 2.05) is 0 Å². The molecule has 1 aromatic heterocycles. The zero-order valence-corrected chi connectivity index (χ0v) is 18.9. The largest absolute Gasteiger partial charge is 0.468 e.